The second-order valence-corrected chi connectivity index (χ2v) is 12.2. The number of benzene rings is 4. The minimum atomic E-state index is -0.938. The van der Waals surface area contributed by atoms with Gasteiger partial charge in [0.2, 0.25) is 0 Å². The van der Waals surface area contributed by atoms with Gasteiger partial charge in [0.25, 0.3) is 0 Å². The van der Waals surface area contributed by atoms with Gasteiger partial charge in [0.05, 0.1) is 6.04 Å². The van der Waals surface area contributed by atoms with Gasteiger partial charge in [0.15, 0.2) is 6.10 Å². The Bertz CT molecular complexity index is 1530. The molecule has 4 aromatic rings. The van der Waals surface area contributed by atoms with Gasteiger partial charge in [-0.3, -0.25) is 4.90 Å². The van der Waals surface area contributed by atoms with E-state index < -0.39 is 12.1 Å². The van der Waals surface area contributed by atoms with Gasteiger partial charge in [-0.2, -0.15) is 0 Å². The molecule has 0 heterocycles. The fourth-order valence-electron chi connectivity index (χ4n) is 6.50. The average Bonchev–Trinajstić information content (AvgIpc) is 3.21. The lowest BCUT2D eigenvalue weighted by Gasteiger charge is -2.31. The number of aryl methyl sites for hydroxylation is 5. The predicted molar refractivity (Wildman–Crippen MR) is 181 cm³/mol. The first-order chi connectivity index (χ1) is 21.9. The predicted octanol–water partition coefficient (Wildman–Crippen LogP) is 7.66. The summed E-state index contributed by atoms with van der Waals surface area (Å²) in [6.45, 7) is 5.75. The molecule has 0 spiro atoms. The molecule has 45 heavy (non-hydrogen) atoms. The number of fused-ring (bicyclic) bond motifs is 2. The first-order valence-electron chi connectivity index (χ1n) is 16.5. The van der Waals surface area contributed by atoms with E-state index in [2.05, 4.69) is 85.6 Å². The van der Waals surface area contributed by atoms with Crippen LogP contribution in [0.4, 0.5) is 0 Å². The van der Waals surface area contributed by atoms with E-state index in [4.69, 9.17) is 9.47 Å². The molecule has 5 heteroatoms. The van der Waals surface area contributed by atoms with Crippen LogP contribution in [0.1, 0.15) is 70.8 Å². The Morgan fingerprint density at radius 3 is 2.22 bits per heavy atom. The van der Waals surface area contributed by atoms with E-state index in [1.54, 1.807) is 0 Å². The second kappa shape index (κ2) is 15.9. The summed E-state index contributed by atoms with van der Waals surface area (Å²) < 4.78 is 11.6. The highest BCUT2D eigenvalue weighted by Crippen LogP contribution is 2.37. The molecule has 4 aromatic carbocycles. The van der Waals surface area contributed by atoms with Crippen LogP contribution in [0.5, 0.6) is 5.75 Å². The molecule has 236 valence electrons. The van der Waals surface area contributed by atoms with Gasteiger partial charge >= 0.3 is 5.97 Å². The number of aliphatic carboxylic acids is 1. The summed E-state index contributed by atoms with van der Waals surface area (Å²) >= 11 is 0. The Kier molecular flexibility index (Phi) is 11.5. The number of rotatable bonds is 15. The summed E-state index contributed by atoms with van der Waals surface area (Å²) in [4.78, 5) is 13.9. The number of carboxylic acid groups (broad SMARTS) is 1. The Morgan fingerprint density at radius 1 is 0.800 bits per heavy atom. The molecule has 0 radical (unpaired) electrons. The molecule has 0 saturated carbocycles. The number of likely N-dealkylation sites (N-methyl/N-ethyl adjacent to an activating group) is 1. The maximum Gasteiger partial charge on any atom is 0.333 e. The van der Waals surface area contributed by atoms with Crippen molar-refractivity contribution in [1.29, 1.82) is 0 Å². The van der Waals surface area contributed by atoms with Gasteiger partial charge in [-0.15, -0.1) is 0 Å². The Balaban J connectivity index is 1.31. The minimum Gasteiger partial charge on any atom is -0.492 e. The number of nitrogens with zero attached hydrogens (tertiary/aromatic N) is 1. The highest BCUT2D eigenvalue weighted by molar-refractivity contribution is 5.72. The zero-order valence-electron chi connectivity index (χ0n) is 27.0. The third-order valence-corrected chi connectivity index (χ3v) is 8.90. The van der Waals surface area contributed by atoms with E-state index >= 15 is 0 Å². The summed E-state index contributed by atoms with van der Waals surface area (Å²) in [6, 6.07) is 32.9. The second-order valence-electron chi connectivity index (χ2n) is 12.2. The lowest BCUT2D eigenvalue weighted by atomic mass is 9.90. The summed E-state index contributed by atoms with van der Waals surface area (Å²) in [5.74, 6) is -0.155. The molecule has 5 rings (SSSR count). The molecule has 0 fully saturated rings. The van der Waals surface area contributed by atoms with Crippen LogP contribution in [-0.4, -0.2) is 48.9 Å². The van der Waals surface area contributed by atoms with Crippen LogP contribution >= 0.6 is 0 Å². The molecule has 0 amide bonds. The third kappa shape index (κ3) is 8.62. The fraction of sp³-hybridized carbons (Fsp3) is 0.375. The summed E-state index contributed by atoms with van der Waals surface area (Å²) in [7, 11) is 2.21. The zero-order chi connectivity index (χ0) is 31.6. The van der Waals surface area contributed by atoms with Crippen LogP contribution in [-0.2, 0) is 48.1 Å². The number of hydrogen-bond donors (Lipinski definition) is 1. The molecule has 1 N–H and O–H groups in total. The van der Waals surface area contributed by atoms with Crippen LogP contribution in [0.25, 0.3) is 0 Å². The van der Waals surface area contributed by atoms with Crippen molar-refractivity contribution in [2.24, 2.45) is 0 Å². The Labute approximate surface area is 268 Å². The smallest absolute Gasteiger partial charge is 0.333 e. The van der Waals surface area contributed by atoms with Crippen molar-refractivity contribution >= 4 is 5.97 Å². The van der Waals surface area contributed by atoms with E-state index in [1.165, 1.54) is 38.9 Å². The maximum absolute atomic E-state index is 11.5. The van der Waals surface area contributed by atoms with Gasteiger partial charge < -0.3 is 14.6 Å². The van der Waals surface area contributed by atoms with Crippen molar-refractivity contribution in [2.45, 2.75) is 70.9 Å². The largest absolute Gasteiger partial charge is 0.492 e. The number of carboxylic acids is 1. The molecular formula is C40H47NO4. The molecule has 0 aliphatic heterocycles. The molecule has 1 aliphatic rings. The maximum atomic E-state index is 11.5. The Hall–Kier alpha value is -3.93. The van der Waals surface area contributed by atoms with Gasteiger partial charge in [-0.1, -0.05) is 92.2 Å². The summed E-state index contributed by atoms with van der Waals surface area (Å²) in [5.41, 5.74) is 10.8. The van der Waals surface area contributed by atoms with Crippen LogP contribution in [0.15, 0.2) is 91.0 Å². The van der Waals surface area contributed by atoms with E-state index in [9.17, 15) is 9.90 Å². The van der Waals surface area contributed by atoms with E-state index in [0.717, 1.165) is 56.4 Å². The highest BCUT2D eigenvalue weighted by atomic mass is 16.5. The summed E-state index contributed by atoms with van der Waals surface area (Å²) in [6.07, 6.45) is 5.92. The van der Waals surface area contributed by atoms with Gasteiger partial charge in [-0.05, 0) is 103 Å². The van der Waals surface area contributed by atoms with Crippen LogP contribution < -0.4 is 4.74 Å². The molecule has 5 nitrogen and oxygen atoms in total. The van der Waals surface area contributed by atoms with Crippen molar-refractivity contribution < 1.29 is 19.4 Å². The van der Waals surface area contributed by atoms with Gasteiger partial charge in [0.1, 0.15) is 12.4 Å². The SMILES string of the molecule is CCCc1ccc2c(c1)C(N(C)CCOc1ccc(CC(OCC)C(=O)O)cc1)c1ccc(CCc3ccccc3)cc1CC2. The van der Waals surface area contributed by atoms with Crippen LogP contribution in [0, 0.1) is 0 Å². The Morgan fingerprint density at radius 2 is 1.49 bits per heavy atom. The standard InChI is InChI=1S/C40H47NO4/c1-4-9-30-14-18-33-19-20-34-26-31(13-12-29-10-7-6-8-11-29)17-23-36(34)39(37(33)27-30)41(3)24-25-45-35-21-15-32(16-22-35)28-38(40(42)43)44-5-2/h6-8,10-11,14-18,21-23,26-27,38-39H,4-5,9,12-13,19-20,24-25,28H2,1-3H3,(H,42,43). The topological polar surface area (TPSA) is 59.0 Å². The molecule has 0 saturated heterocycles. The summed E-state index contributed by atoms with van der Waals surface area (Å²) in [5, 5.41) is 9.40. The monoisotopic (exact) mass is 605 g/mol. The van der Waals surface area contributed by atoms with Crippen molar-refractivity contribution in [3.8, 4) is 5.75 Å². The van der Waals surface area contributed by atoms with Crippen LogP contribution in [0.2, 0.25) is 0 Å². The van der Waals surface area contributed by atoms with Gasteiger partial charge in [0, 0.05) is 19.6 Å². The van der Waals surface area contributed by atoms with Crippen molar-refractivity contribution in [2.75, 3.05) is 26.8 Å². The molecule has 1 aliphatic carbocycles. The normalized spacial score (nSPS) is 14.8. The molecular weight excluding hydrogens is 558 g/mol. The fourth-order valence-corrected chi connectivity index (χ4v) is 6.50. The van der Waals surface area contributed by atoms with E-state index in [-0.39, 0.29) is 6.04 Å². The van der Waals surface area contributed by atoms with E-state index in [1.807, 2.05) is 31.2 Å². The molecule has 2 unspecified atom stereocenters. The minimum absolute atomic E-state index is 0.162. The first kappa shape index (κ1) is 32.5. The van der Waals surface area contributed by atoms with E-state index in [0.29, 0.717) is 19.6 Å². The lowest BCUT2D eigenvalue weighted by Crippen LogP contribution is -2.30. The first-order valence-corrected chi connectivity index (χ1v) is 16.5. The van der Waals surface area contributed by atoms with Crippen molar-refractivity contribution in [1.82, 2.24) is 4.90 Å². The zero-order valence-corrected chi connectivity index (χ0v) is 27.0. The molecule has 0 aromatic heterocycles. The van der Waals surface area contributed by atoms with Crippen molar-refractivity contribution in [3.05, 3.63) is 136 Å². The lowest BCUT2D eigenvalue weighted by molar-refractivity contribution is -0.149. The quantitative estimate of drug-likeness (QED) is 0.151. The van der Waals surface area contributed by atoms with Gasteiger partial charge in [-0.25, -0.2) is 4.79 Å². The average molecular weight is 606 g/mol. The van der Waals surface area contributed by atoms with Crippen molar-refractivity contribution in [3.63, 3.8) is 0 Å². The number of carbonyl (C=O) groups is 1. The highest BCUT2D eigenvalue weighted by Gasteiger charge is 2.27. The number of hydrogen-bond acceptors (Lipinski definition) is 4. The number of ether oxygens (including phenoxy) is 2. The van der Waals surface area contributed by atoms with Crippen LogP contribution in [0.3, 0.4) is 0 Å². The molecule has 0 bridgehead atoms. The third-order valence-electron chi connectivity index (χ3n) is 8.90. The molecule has 2 atom stereocenters.